The number of urea groups is 1. The van der Waals surface area contributed by atoms with Crippen molar-refractivity contribution in [2.24, 2.45) is 0 Å². The van der Waals surface area contributed by atoms with E-state index in [0.717, 1.165) is 28.6 Å². The zero-order chi connectivity index (χ0) is 18.5. The van der Waals surface area contributed by atoms with Gasteiger partial charge in [-0.15, -0.1) is 0 Å². The quantitative estimate of drug-likeness (QED) is 0.694. The van der Waals surface area contributed by atoms with Crippen molar-refractivity contribution in [2.75, 3.05) is 38.6 Å². The molecule has 7 heteroatoms. The summed E-state index contributed by atoms with van der Waals surface area (Å²) in [6, 6.07) is 13.7. The number of carbonyl (C=O) groups is 1. The summed E-state index contributed by atoms with van der Waals surface area (Å²) in [4.78, 5) is 16.7. The highest BCUT2D eigenvalue weighted by Crippen LogP contribution is 2.25. The van der Waals surface area contributed by atoms with Crippen molar-refractivity contribution < 1.29 is 9.53 Å². The number of nitrogens with one attached hydrogen (secondary N) is 1. The molecule has 26 heavy (non-hydrogen) atoms. The lowest BCUT2D eigenvalue weighted by molar-refractivity contribution is 0.143. The smallest absolute Gasteiger partial charge is 0.322 e. The van der Waals surface area contributed by atoms with Gasteiger partial charge in [-0.05, 0) is 61.7 Å². The Kier molecular flexibility index (Phi) is 6.56. The van der Waals surface area contributed by atoms with Crippen LogP contribution in [0.4, 0.5) is 10.5 Å². The zero-order valence-electron chi connectivity index (χ0n) is 14.5. The van der Waals surface area contributed by atoms with Gasteiger partial charge in [0.25, 0.3) is 0 Å². The van der Waals surface area contributed by atoms with E-state index in [4.69, 9.17) is 4.74 Å². The van der Waals surface area contributed by atoms with E-state index < -0.39 is 0 Å². The van der Waals surface area contributed by atoms with E-state index >= 15 is 0 Å². The van der Waals surface area contributed by atoms with E-state index in [9.17, 15) is 4.79 Å². The molecule has 0 bridgehead atoms. The van der Waals surface area contributed by atoms with Crippen LogP contribution in [0.1, 0.15) is 5.56 Å². The number of hydrogen-bond acceptors (Lipinski definition) is 3. The number of halogens is 2. The third-order valence-electron chi connectivity index (χ3n) is 4.40. The molecule has 0 spiro atoms. The number of methoxy groups -OCH3 is 1. The Morgan fingerprint density at radius 3 is 2.50 bits per heavy atom. The second kappa shape index (κ2) is 8.88. The Labute approximate surface area is 170 Å². The predicted molar refractivity (Wildman–Crippen MR) is 111 cm³/mol. The monoisotopic (exact) mass is 481 g/mol. The molecule has 0 aromatic heterocycles. The van der Waals surface area contributed by atoms with Gasteiger partial charge in [0.2, 0.25) is 0 Å². The molecular formula is C19H21Br2N3O2. The third kappa shape index (κ3) is 4.78. The maximum absolute atomic E-state index is 12.5. The van der Waals surface area contributed by atoms with Gasteiger partial charge in [0, 0.05) is 41.7 Å². The summed E-state index contributed by atoms with van der Waals surface area (Å²) in [5.74, 6) is 0.667. The minimum Gasteiger partial charge on any atom is -0.495 e. The minimum atomic E-state index is -0.0828. The van der Waals surface area contributed by atoms with Crippen LogP contribution < -0.4 is 10.1 Å². The molecular weight excluding hydrogens is 462 g/mol. The first-order valence-corrected chi connectivity index (χ1v) is 10.0. The first-order valence-electron chi connectivity index (χ1n) is 8.42. The highest BCUT2D eigenvalue weighted by molar-refractivity contribution is 9.13. The second-order valence-electron chi connectivity index (χ2n) is 6.14. The van der Waals surface area contributed by atoms with Gasteiger partial charge in [0.15, 0.2) is 0 Å². The van der Waals surface area contributed by atoms with Gasteiger partial charge < -0.3 is 15.0 Å². The summed E-state index contributed by atoms with van der Waals surface area (Å²) in [6.07, 6.45) is 0. The number of rotatable bonds is 4. The van der Waals surface area contributed by atoms with Crippen LogP contribution in [0.2, 0.25) is 0 Å². The van der Waals surface area contributed by atoms with Crippen molar-refractivity contribution in [3.8, 4) is 5.75 Å². The van der Waals surface area contributed by atoms with Gasteiger partial charge in [-0.25, -0.2) is 4.79 Å². The number of para-hydroxylation sites is 2. The summed E-state index contributed by atoms with van der Waals surface area (Å²) in [6.45, 7) is 4.01. The van der Waals surface area contributed by atoms with Gasteiger partial charge >= 0.3 is 6.03 Å². The molecule has 0 aliphatic carbocycles. The van der Waals surface area contributed by atoms with E-state index in [1.54, 1.807) is 7.11 Å². The van der Waals surface area contributed by atoms with Crippen LogP contribution in [0.5, 0.6) is 5.75 Å². The number of nitrogens with zero attached hydrogens (tertiary/aromatic N) is 2. The molecule has 3 rings (SSSR count). The number of piperazine rings is 1. The molecule has 1 N–H and O–H groups in total. The average molecular weight is 483 g/mol. The number of anilines is 1. The summed E-state index contributed by atoms with van der Waals surface area (Å²) < 4.78 is 7.40. The van der Waals surface area contributed by atoms with Crippen molar-refractivity contribution in [3.63, 3.8) is 0 Å². The largest absolute Gasteiger partial charge is 0.495 e. The molecule has 0 radical (unpaired) electrons. The molecule has 2 amide bonds. The van der Waals surface area contributed by atoms with Gasteiger partial charge in [-0.1, -0.05) is 18.2 Å². The van der Waals surface area contributed by atoms with E-state index in [1.165, 1.54) is 5.56 Å². The topological polar surface area (TPSA) is 44.8 Å². The number of carbonyl (C=O) groups excluding carboxylic acids is 1. The second-order valence-corrected chi connectivity index (χ2v) is 7.85. The average Bonchev–Trinajstić information content (AvgIpc) is 2.66. The van der Waals surface area contributed by atoms with Crippen molar-refractivity contribution in [1.82, 2.24) is 9.80 Å². The van der Waals surface area contributed by atoms with Gasteiger partial charge in [-0.2, -0.15) is 0 Å². The molecule has 1 aliphatic heterocycles. The number of ether oxygens (including phenoxy) is 1. The van der Waals surface area contributed by atoms with Gasteiger partial charge in [0.1, 0.15) is 5.75 Å². The van der Waals surface area contributed by atoms with E-state index in [0.29, 0.717) is 24.5 Å². The van der Waals surface area contributed by atoms with Crippen LogP contribution >= 0.6 is 31.9 Å². The number of hydrogen-bond donors (Lipinski definition) is 1. The van der Waals surface area contributed by atoms with Crippen LogP contribution in [0, 0.1) is 0 Å². The number of benzene rings is 2. The van der Waals surface area contributed by atoms with E-state index in [2.05, 4.69) is 60.3 Å². The zero-order valence-corrected chi connectivity index (χ0v) is 17.7. The standard InChI is InChI=1S/C19H21Br2N3O2/c1-26-18-5-3-2-4-17(18)22-19(25)24-10-8-23(9-11-24)13-14-6-7-15(20)16(21)12-14/h2-7,12H,8-11,13H2,1H3,(H,22,25). The summed E-state index contributed by atoms with van der Waals surface area (Å²) >= 11 is 7.04. The highest BCUT2D eigenvalue weighted by atomic mass is 79.9. The first kappa shape index (κ1) is 19.2. The lowest BCUT2D eigenvalue weighted by atomic mass is 10.2. The maximum Gasteiger partial charge on any atom is 0.322 e. The molecule has 0 atom stereocenters. The SMILES string of the molecule is COc1ccccc1NC(=O)N1CCN(Cc2ccc(Br)c(Br)c2)CC1. The molecule has 1 heterocycles. The molecule has 0 unspecified atom stereocenters. The summed E-state index contributed by atoms with van der Waals surface area (Å²) in [5.41, 5.74) is 1.95. The molecule has 138 valence electrons. The fraction of sp³-hybridized carbons (Fsp3) is 0.316. The van der Waals surface area contributed by atoms with E-state index in [1.807, 2.05) is 29.2 Å². The number of amides is 2. The van der Waals surface area contributed by atoms with Crippen molar-refractivity contribution in [1.29, 1.82) is 0 Å². The molecule has 2 aromatic rings. The Morgan fingerprint density at radius 1 is 1.08 bits per heavy atom. The Bertz CT molecular complexity index is 777. The molecule has 5 nitrogen and oxygen atoms in total. The van der Waals surface area contributed by atoms with Gasteiger partial charge in [0.05, 0.1) is 12.8 Å². The lowest BCUT2D eigenvalue weighted by Gasteiger charge is -2.34. The maximum atomic E-state index is 12.5. The van der Waals surface area contributed by atoms with Crippen molar-refractivity contribution in [2.45, 2.75) is 6.54 Å². The van der Waals surface area contributed by atoms with Crippen LogP contribution in [-0.2, 0) is 6.54 Å². The lowest BCUT2D eigenvalue weighted by Crippen LogP contribution is -2.49. The molecule has 1 fully saturated rings. The molecule has 1 saturated heterocycles. The Hall–Kier alpha value is -1.57. The predicted octanol–water partition coefficient (Wildman–Crippen LogP) is 4.57. The summed E-state index contributed by atoms with van der Waals surface area (Å²) in [5, 5.41) is 2.94. The normalized spacial score (nSPS) is 15.0. The molecule has 1 aliphatic rings. The van der Waals surface area contributed by atoms with Crippen molar-refractivity contribution in [3.05, 3.63) is 57.0 Å². The third-order valence-corrected chi connectivity index (χ3v) is 6.28. The molecule has 0 saturated carbocycles. The van der Waals surface area contributed by atoms with Crippen LogP contribution in [0.25, 0.3) is 0 Å². The summed E-state index contributed by atoms with van der Waals surface area (Å²) in [7, 11) is 1.60. The van der Waals surface area contributed by atoms with E-state index in [-0.39, 0.29) is 6.03 Å². The fourth-order valence-electron chi connectivity index (χ4n) is 2.95. The molecule has 2 aromatic carbocycles. The van der Waals surface area contributed by atoms with Crippen molar-refractivity contribution >= 4 is 43.6 Å². The van der Waals surface area contributed by atoms with Crippen LogP contribution in [0.3, 0.4) is 0 Å². The van der Waals surface area contributed by atoms with Gasteiger partial charge in [-0.3, -0.25) is 4.90 Å². The Balaban J connectivity index is 1.53. The minimum absolute atomic E-state index is 0.0828. The van der Waals surface area contributed by atoms with Crippen LogP contribution in [-0.4, -0.2) is 49.1 Å². The Morgan fingerprint density at radius 2 is 1.81 bits per heavy atom. The first-order chi connectivity index (χ1) is 12.6. The van der Waals surface area contributed by atoms with Crippen LogP contribution in [0.15, 0.2) is 51.4 Å². The fourth-order valence-corrected chi connectivity index (χ4v) is 3.62. The highest BCUT2D eigenvalue weighted by Gasteiger charge is 2.22.